The van der Waals surface area contributed by atoms with Crippen LogP contribution in [0.2, 0.25) is 0 Å². The van der Waals surface area contributed by atoms with E-state index in [9.17, 15) is 5.11 Å². The molecule has 1 saturated heterocycles. The molecule has 162 valence electrons. The van der Waals surface area contributed by atoms with Crippen molar-refractivity contribution >= 4 is 0 Å². The van der Waals surface area contributed by atoms with E-state index >= 15 is 0 Å². The summed E-state index contributed by atoms with van der Waals surface area (Å²) in [6.07, 6.45) is 1.32. The van der Waals surface area contributed by atoms with E-state index in [0.29, 0.717) is 19.3 Å². The van der Waals surface area contributed by atoms with Gasteiger partial charge in [-0.3, -0.25) is 0 Å². The number of hydrogen-bond acceptors (Lipinski definition) is 5. The molecular formula is C26H28O5. The minimum atomic E-state index is -0.484. The quantitative estimate of drug-likeness (QED) is 0.442. The fourth-order valence-corrected chi connectivity index (χ4v) is 3.21. The van der Waals surface area contributed by atoms with Gasteiger partial charge in [-0.1, -0.05) is 24.3 Å². The second-order valence-corrected chi connectivity index (χ2v) is 8.16. The number of epoxide rings is 1. The Bertz CT molecular complexity index is 958. The first kappa shape index (κ1) is 21.1. The van der Waals surface area contributed by atoms with Gasteiger partial charge >= 0.3 is 0 Å². The van der Waals surface area contributed by atoms with Crippen molar-refractivity contribution in [2.75, 3.05) is 13.2 Å². The Kier molecular flexibility index (Phi) is 6.33. The topological polar surface area (TPSA) is 60.5 Å². The van der Waals surface area contributed by atoms with Gasteiger partial charge in [0.15, 0.2) is 0 Å². The normalized spacial score (nSPS) is 15.4. The van der Waals surface area contributed by atoms with Crippen LogP contribution in [0.5, 0.6) is 23.0 Å². The van der Waals surface area contributed by atoms with Gasteiger partial charge in [-0.05, 0) is 73.5 Å². The summed E-state index contributed by atoms with van der Waals surface area (Å²) < 4.78 is 22.9. The number of ether oxygens (including phenoxy) is 4. The van der Waals surface area contributed by atoms with Crippen molar-refractivity contribution in [1.29, 1.82) is 0 Å². The van der Waals surface area contributed by atoms with Crippen molar-refractivity contribution in [2.24, 2.45) is 0 Å². The van der Waals surface area contributed by atoms with Crippen LogP contribution in [0.3, 0.4) is 0 Å². The van der Waals surface area contributed by atoms with E-state index in [1.165, 1.54) is 0 Å². The lowest BCUT2D eigenvalue weighted by atomic mass is 9.97. The molecule has 31 heavy (non-hydrogen) atoms. The Morgan fingerprint density at radius 1 is 0.839 bits per heavy atom. The van der Waals surface area contributed by atoms with Crippen LogP contribution >= 0.6 is 0 Å². The van der Waals surface area contributed by atoms with Crippen LogP contribution in [0, 0.1) is 0 Å². The van der Waals surface area contributed by atoms with Crippen molar-refractivity contribution in [2.45, 2.75) is 38.6 Å². The molecule has 3 aromatic carbocycles. The van der Waals surface area contributed by atoms with E-state index in [-0.39, 0.29) is 5.75 Å². The highest BCUT2D eigenvalue weighted by Crippen LogP contribution is 2.29. The zero-order valence-electron chi connectivity index (χ0n) is 17.9. The van der Waals surface area contributed by atoms with Crippen molar-refractivity contribution in [1.82, 2.24) is 0 Å². The highest BCUT2D eigenvalue weighted by molar-refractivity contribution is 5.34. The average Bonchev–Trinajstić information content (AvgIpc) is 3.59. The lowest BCUT2D eigenvalue weighted by molar-refractivity contribution is 0.108. The summed E-state index contributed by atoms with van der Waals surface area (Å²) in [6.45, 7) is 6.08. The summed E-state index contributed by atoms with van der Waals surface area (Å²) in [5, 5.41) is 9.34. The van der Waals surface area contributed by atoms with E-state index in [1.807, 2.05) is 36.4 Å². The van der Waals surface area contributed by atoms with Crippen LogP contribution in [-0.4, -0.2) is 24.4 Å². The molecule has 0 bridgehead atoms. The first-order chi connectivity index (χ1) is 15.0. The van der Waals surface area contributed by atoms with Crippen molar-refractivity contribution in [3.63, 3.8) is 0 Å². The SMILES string of the molecule is CC(C)(Oc1ccc(OCCC2CO2)cc1)c1ccc(COc2ccc(O)cc2)cc1. The van der Waals surface area contributed by atoms with Crippen LogP contribution in [-0.2, 0) is 16.9 Å². The van der Waals surface area contributed by atoms with Crippen molar-refractivity contribution in [3.05, 3.63) is 83.9 Å². The van der Waals surface area contributed by atoms with Gasteiger partial charge in [0.05, 0.1) is 19.3 Å². The van der Waals surface area contributed by atoms with E-state index in [1.54, 1.807) is 24.3 Å². The summed E-state index contributed by atoms with van der Waals surface area (Å²) in [7, 11) is 0. The molecule has 1 fully saturated rings. The number of phenolic OH excluding ortho intramolecular Hbond substituents is 1. The van der Waals surface area contributed by atoms with Gasteiger partial charge in [-0.2, -0.15) is 0 Å². The molecule has 1 N–H and O–H groups in total. The van der Waals surface area contributed by atoms with Gasteiger partial charge in [0.1, 0.15) is 35.2 Å². The van der Waals surface area contributed by atoms with Crippen LogP contribution in [0.1, 0.15) is 31.4 Å². The van der Waals surface area contributed by atoms with E-state index in [4.69, 9.17) is 18.9 Å². The Balaban J connectivity index is 1.30. The second-order valence-electron chi connectivity index (χ2n) is 8.16. The van der Waals surface area contributed by atoms with Crippen molar-refractivity contribution < 1.29 is 24.1 Å². The Hall–Kier alpha value is -3.18. The van der Waals surface area contributed by atoms with Gasteiger partial charge < -0.3 is 24.1 Å². The van der Waals surface area contributed by atoms with Gasteiger partial charge in [-0.15, -0.1) is 0 Å². The number of phenols is 1. The summed E-state index contributed by atoms with van der Waals surface area (Å²) in [5.74, 6) is 2.58. The summed E-state index contributed by atoms with van der Waals surface area (Å²) in [4.78, 5) is 0. The molecule has 0 amide bonds. The predicted octanol–water partition coefficient (Wildman–Crippen LogP) is 5.45. The number of aromatic hydroxyl groups is 1. The maximum Gasteiger partial charge on any atom is 0.128 e. The third kappa shape index (κ3) is 6.15. The molecule has 1 aliphatic heterocycles. The molecule has 5 nitrogen and oxygen atoms in total. The zero-order chi connectivity index (χ0) is 21.7. The molecule has 3 aromatic rings. The minimum absolute atomic E-state index is 0.227. The monoisotopic (exact) mass is 420 g/mol. The molecule has 4 rings (SSSR count). The highest BCUT2D eigenvalue weighted by atomic mass is 16.6. The highest BCUT2D eigenvalue weighted by Gasteiger charge is 2.23. The minimum Gasteiger partial charge on any atom is -0.508 e. The van der Waals surface area contributed by atoms with Crippen LogP contribution in [0.15, 0.2) is 72.8 Å². The molecule has 1 unspecified atom stereocenters. The zero-order valence-corrected chi connectivity index (χ0v) is 17.9. The maximum absolute atomic E-state index is 9.34. The van der Waals surface area contributed by atoms with Crippen LogP contribution < -0.4 is 14.2 Å². The number of hydrogen-bond donors (Lipinski definition) is 1. The molecular weight excluding hydrogens is 392 g/mol. The second kappa shape index (κ2) is 9.31. The van der Waals surface area contributed by atoms with Gasteiger partial charge in [-0.25, -0.2) is 0 Å². The molecule has 1 aliphatic rings. The molecule has 0 aliphatic carbocycles. The molecule has 1 heterocycles. The van der Waals surface area contributed by atoms with Crippen molar-refractivity contribution in [3.8, 4) is 23.0 Å². The predicted molar refractivity (Wildman–Crippen MR) is 119 cm³/mol. The molecule has 0 aromatic heterocycles. The lowest BCUT2D eigenvalue weighted by Gasteiger charge is -2.27. The van der Waals surface area contributed by atoms with Gasteiger partial charge in [0.2, 0.25) is 0 Å². The smallest absolute Gasteiger partial charge is 0.128 e. The first-order valence-corrected chi connectivity index (χ1v) is 10.5. The Labute approximate surface area is 183 Å². The first-order valence-electron chi connectivity index (χ1n) is 10.5. The summed E-state index contributed by atoms with van der Waals surface area (Å²) in [6, 6.07) is 22.7. The molecule has 0 spiro atoms. The van der Waals surface area contributed by atoms with Crippen LogP contribution in [0.4, 0.5) is 0 Å². The summed E-state index contributed by atoms with van der Waals surface area (Å²) in [5.41, 5.74) is 1.65. The Morgan fingerprint density at radius 3 is 2.06 bits per heavy atom. The summed E-state index contributed by atoms with van der Waals surface area (Å²) >= 11 is 0. The molecule has 0 radical (unpaired) electrons. The fraction of sp³-hybridized carbons (Fsp3) is 0.308. The lowest BCUT2D eigenvalue weighted by Crippen LogP contribution is -2.25. The maximum atomic E-state index is 9.34. The largest absolute Gasteiger partial charge is 0.508 e. The third-order valence-electron chi connectivity index (χ3n) is 5.20. The fourth-order valence-electron chi connectivity index (χ4n) is 3.21. The van der Waals surface area contributed by atoms with Gasteiger partial charge in [0.25, 0.3) is 0 Å². The van der Waals surface area contributed by atoms with E-state index in [2.05, 4.69) is 26.0 Å². The van der Waals surface area contributed by atoms with Crippen LogP contribution in [0.25, 0.3) is 0 Å². The van der Waals surface area contributed by atoms with Gasteiger partial charge in [0, 0.05) is 6.42 Å². The molecule has 5 heteroatoms. The van der Waals surface area contributed by atoms with E-state index < -0.39 is 5.60 Å². The number of benzene rings is 3. The third-order valence-corrected chi connectivity index (χ3v) is 5.20. The number of rotatable bonds is 10. The average molecular weight is 421 g/mol. The van der Waals surface area contributed by atoms with E-state index in [0.717, 1.165) is 41.4 Å². The Morgan fingerprint density at radius 2 is 1.42 bits per heavy atom. The molecule has 1 atom stereocenters. The molecule has 0 saturated carbocycles. The standard InChI is InChI=1S/C26H28O5/c1-26(2,31-24-13-11-22(12-14-24)28-16-15-25-18-30-25)20-5-3-19(4-6-20)17-29-23-9-7-21(27)8-10-23/h3-14,25,27H,15-18H2,1-2H3.